The molecule has 0 saturated carbocycles. The van der Waals surface area contributed by atoms with Gasteiger partial charge < -0.3 is 5.11 Å². The number of ketones is 1. The van der Waals surface area contributed by atoms with Gasteiger partial charge in [0.2, 0.25) is 0 Å². The molecule has 1 unspecified atom stereocenters. The van der Waals surface area contributed by atoms with Crippen LogP contribution in [0, 0.1) is 0 Å². The molecule has 0 heterocycles. The summed E-state index contributed by atoms with van der Waals surface area (Å²) in [7, 11) is 0. The summed E-state index contributed by atoms with van der Waals surface area (Å²) < 4.78 is 8.22. The minimum atomic E-state index is -1.37. The zero-order valence-corrected chi connectivity index (χ0v) is 11.1. The molecule has 0 radical (unpaired) electrons. The van der Waals surface area contributed by atoms with Gasteiger partial charge in [0.25, 0.3) is 0 Å². The standard InChI is InChI=1S/C17H18O2/c1-17(2,19)16(18)15-10-8-14(9-11-15)12-13-6-4-3-5-7-13/h3-11,19H,12H2,1-2H3/i12D. The number of hydrogen-bond donors (Lipinski definition) is 1. The van der Waals surface area contributed by atoms with E-state index in [4.69, 9.17) is 1.37 Å². The lowest BCUT2D eigenvalue weighted by molar-refractivity contribution is 0.0488. The van der Waals surface area contributed by atoms with Gasteiger partial charge in [0.15, 0.2) is 5.78 Å². The van der Waals surface area contributed by atoms with E-state index in [0.717, 1.165) is 11.1 Å². The molecule has 2 heteroatoms. The molecule has 0 aliphatic rings. The minimum Gasteiger partial charge on any atom is -0.382 e. The van der Waals surface area contributed by atoms with Gasteiger partial charge in [-0.2, -0.15) is 0 Å². The first-order valence-electron chi connectivity index (χ1n) is 6.81. The van der Waals surface area contributed by atoms with Crippen LogP contribution >= 0.6 is 0 Å². The SMILES string of the molecule is [2H]C(c1ccccc1)c1ccc(C(=O)C(C)(C)O)cc1. The van der Waals surface area contributed by atoms with Crippen molar-refractivity contribution >= 4 is 5.78 Å². The number of rotatable bonds is 4. The number of carbonyl (C=O) groups is 1. The average Bonchev–Trinajstić information content (AvgIpc) is 2.46. The monoisotopic (exact) mass is 255 g/mol. The van der Waals surface area contributed by atoms with Gasteiger partial charge in [-0.25, -0.2) is 0 Å². The van der Waals surface area contributed by atoms with E-state index >= 15 is 0 Å². The summed E-state index contributed by atoms with van der Waals surface area (Å²) in [6.45, 7) is 2.95. The van der Waals surface area contributed by atoms with Crippen LogP contribution in [-0.4, -0.2) is 16.5 Å². The molecule has 2 aromatic carbocycles. The molecule has 0 aliphatic heterocycles. The Morgan fingerprint density at radius 3 is 2.11 bits per heavy atom. The largest absolute Gasteiger partial charge is 0.382 e. The van der Waals surface area contributed by atoms with Gasteiger partial charge in [-0.3, -0.25) is 4.79 Å². The first-order chi connectivity index (χ1) is 9.39. The Hall–Kier alpha value is -1.93. The van der Waals surface area contributed by atoms with Gasteiger partial charge in [0, 0.05) is 6.93 Å². The van der Waals surface area contributed by atoms with Crippen LogP contribution in [0.5, 0.6) is 0 Å². The van der Waals surface area contributed by atoms with Crippen LogP contribution in [0.2, 0.25) is 0 Å². The third-order valence-corrected chi connectivity index (χ3v) is 2.86. The topological polar surface area (TPSA) is 37.3 Å². The molecular formula is C17H18O2. The van der Waals surface area contributed by atoms with Crippen molar-refractivity contribution in [3.05, 3.63) is 71.3 Å². The molecule has 0 bridgehead atoms. The summed E-state index contributed by atoms with van der Waals surface area (Å²) in [5, 5.41) is 9.71. The lowest BCUT2D eigenvalue weighted by Gasteiger charge is -2.15. The second kappa shape index (κ2) is 5.37. The maximum Gasteiger partial charge on any atom is 0.193 e. The van der Waals surface area contributed by atoms with E-state index in [-0.39, 0.29) is 5.78 Å². The van der Waals surface area contributed by atoms with Gasteiger partial charge in [-0.1, -0.05) is 54.6 Å². The Balaban J connectivity index is 2.23. The fraction of sp³-hybridized carbons (Fsp3) is 0.235. The van der Waals surface area contributed by atoms with E-state index in [1.54, 1.807) is 24.3 Å². The van der Waals surface area contributed by atoms with Crippen LogP contribution in [-0.2, 0) is 6.40 Å². The molecule has 19 heavy (non-hydrogen) atoms. The van der Waals surface area contributed by atoms with Crippen LogP contribution in [0.4, 0.5) is 0 Å². The van der Waals surface area contributed by atoms with Crippen LogP contribution in [0.1, 0.15) is 36.7 Å². The highest BCUT2D eigenvalue weighted by Gasteiger charge is 2.24. The molecule has 2 rings (SSSR count). The van der Waals surface area contributed by atoms with Gasteiger partial charge in [0.05, 0.1) is 0 Å². The molecule has 98 valence electrons. The fourth-order valence-corrected chi connectivity index (χ4v) is 1.83. The van der Waals surface area contributed by atoms with Crippen molar-refractivity contribution in [2.24, 2.45) is 0 Å². The molecule has 1 N–H and O–H groups in total. The Bertz CT molecular complexity index is 583. The summed E-state index contributed by atoms with van der Waals surface area (Å²) in [6.07, 6.45) is -0.470. The molecule has 0 amide bonds. The Kier molecular flexibility index (Phi) is 3.43. The number of Topliss-reactive ketones (excluding diaryl/α,β-unsaturated/α-hetero) is 1. The second-order valence-electron chi connectivity index (χ2n) is 5.07. The van der Waals surface area contributed by atoms with Crippen LogP contribution in [0.3, 0.4) is 0 Å². The average molecular weight is 255 g/mol. The van der Waals surface area contributed by atoms with E-state index in [1.165, 1.54) is 13.8 Å². The van der Waals surface area contributed by atoms with Gasteiger partial charge in [-0.15, -0.1) is 0 Å². The highest BCUT2D eigenvalue weighted by molar-refractivity contribution is 6.01. The minimum absolute atomic E-state index is 0.315. The van der Waals surface area contributed by atoms with Crippen molar-refractivity contribution in [1.82, 2.24) is 0 Å². The van der Waals surface area contributed by atoms with Crippen LogP contribution < -0.4 is 0 Å². The molecular weight excluding hydrogens is 236 g/mol. The third-order valence-electron chi connectivity index (χ3n) is 2.86. The predicted octanol–water partition coefficient (Wildman–Crippen LogP) is 3.23. The fourth-order valence-electron chi connectivity index (χ4n) is 1.83. The zero-order valence-electron chi connectivity index (χ0n) is 12.1. The smallest absolute Gasteiger partial charge is 0.193 e. The molecule has 0 aromatic heterocycles. The second-order valence-corrected chi connectivity index (χ2v) is 5.07. The molecule has 0 saturated heterocycles. The van der Waals surface area contributed by atoms with Gasteiger partial charge >= 0.3 is 0 Å². The summed E-state index contributed by atoms with van der Waals surface area (Å²) in [5.74, 6) is -0.315. The predicted molar refractivity (Wildman–Crippen MR) is 76.3 cm³/mol. The first kappa shape index (κ1) is 12.1. The Labute approximate surface area is 115 Å². The molecule has 2 aromatic rings. The normalized spacial score (nSPS) is 13.7. The summed E-state index contributed by atoms with van der Waals surface area (Å²) in [4.78, 5) is 11.9. The Morgan fingerprint density at radius 2 is 1.58 bits per heavy atom. The quantitative estimate of drug-likeness (QED) is 0.852. The van der Waals surface area contributed by atoms with Crippen molar-refractivity contribution in [3.8, 4) is 0 Å². The summed E-state index contributed by atoms with van der Waals surface area (Å²) >= 11 is 0. The van der Waals surface area contributed by atoms with E-state index in [9.17, 15) is 9.90 Å². The Morgan fingerprint density at radius 1 is 1.05 bits per heavy atom. The van der Waals surface area contributed by atoms with E-state index in [2.05, 4.69) is 0 Å². The maximum atomic E-state index is 11.9. The number of aliphatic hydroxyl groups is 1. The number of carbonyl (C=O) groups excluding carboxylic acids is 1. The lowest BCUT2D eigenvalue weighted by Crippen LogP contribution is -2.31. The molecule has 2 nitrogen and oxygen atoms in total. The number of benzene rings is 2. The first-order valence-corrected chi connectivity index (χ1v) is 6.24. The van der Waals surface area contributed by atoms with Crippen molar-refractivity contribution in [2.45, 2.75) is 25.8 Å². The van der Waals surface area contributed by atoms with Crippen molar-refractivity contribution in [1.29, 1.82) is 0 Å². The van der Waals surface area contributed by atoms with Crippen molar-refractivity contribution in [2.75, 3.05) is 0 Å². The molecule has 1 atom stereocenters. The van der Waals surface area contributed by atoms with Gasteiger partial charge in [-0.05, 0) is 31.4 Å². The highest BCUT2D eigenvalue weighted by atomic mass is 16.3. The molecule has 0 fully saturated rings. The summed E-state index contributed by atoms with van der Waals surface area (Å²) in [6, 6.07) is 16.4. The third kappa shape index (κ3) is 3.52. The van der Waals surface area contributed by atoms with Gasteiger partial charge in [0.1, 0.15) is 5.60 Å². The molecule has 0 spiro atoms. The van der Waals surface area contributed by atoms with E-state index in [0.29, 0.717) is 5.56 Å². The lowest BCUT2D eigenvalue weighted by atomic mass is 9.95. The van der Waals surface area contributed by atoms with Crippen molar-refractivity contribution < 1.29 is 11.3 Å². The van der Waals surface area contributed by atoms with Crippen molar-refractivity contribution in [3.63, 3.8) is 0 Å². The highest BCUT2D eigenvalue weighted by Crippen LogP contribution is 2.15. The van der Waals surface area contributed by atoms with Crippen LogP contribution in [0.15, 0.2) is 54.6 Å². The molecule has 0 aliphatic carbocycles. The van der Waals surface area contributed by atoms with Crippen LogP contribution in [0.25, 0.3) is 0 Å². The zero-order chi connectivity index (χ0) is 14.8. The van der Waals surface area contributed by atoms with E-state index in [1.807, 2.05) is 30.3 Å². The number of hydrogen-bond acceptors (Lipinski definition) is 2. The summed E-state index contributed by atoms with van der Waals surface area (Å²) in [5.41, 5.74) is 0.820. The van der Waals surface area contributed by atoms with E-state index < -0.39 is 12.0 Å². The maximum absolute atomic E-state index is 11.9.